The molecule has 4 rings (SSSR count). The average Bonchev–Trinajstić information content (AvgIpc) is 3.08. The van der Waals surface area contributed by atoms with E-state index in [0.29, 0.717) is 27.3 Å². The van der Waals surface area contributed by atoms with Crippen LogP contribution in [-0.4, -0.2) is 59.2 Å². The summed E-state index contributed by atoms with van der Waals surface area (Å²) in [5, 5.41) is 5.06. The van der Waals surface area contributed by atoms with E-state index in [0.717, 1.165) is 54.8 Å². The first-order chi connectivity index (χ1) is 13.1. The molecule has 0 aliphatic carbocycles. The van der Waals surface area contributed by atoms with Crippen molar-refractivity contribution in [3.8, 4) is 11.4 Å². The summed E-state index contributed by atoms with van der Waals surface area (Å²) in [5.41, 5.74) is 7.45. The summed E-state index contributed by atoms with van der Waals surface area (Å²) in [6.07, 6.45) is 0. The smallest absolute Gasteiger partial charge is 0.185 e. The molecule has 0 spiro atoms. The number of morpholine rings is 1. The number of nitrogens with zero attached hydrogens (tertiary/aromatic N) is 4. The highest BCUT2D eigenvalue weighted by Crippen LogP contribution is 2.32. The van der Waals surface area contributed by atoms with Gasteiger partial charge in [-0.1, -0.05) is 34.5 Å². The minimum Gasteiger partial charge on any atom is -0.382 e. The number of thiazole rings is 1. The van der Waals surface area contributed by atoms with E-state index >= 15 is 0 Å². The quantitative estimate of drug-likeness (QED) is 0.648. The fourth-order valence-electron chi connectivity index (χ4n) is 2.83. The number of ether oxygens (including phenoxy) is 1. The fourth-order valence-corrected chi connectivity index (χ4v) is 3.96. The largest absolute Gasteiger partial charge is 0.382 e. The van der Waals surface area contributed by atoms with Crippen molar-refractivity contribution >= 4 is 55.8 Å². The maximum absolute atomic E-state index is 6.13. The van der Waals surface area contributed by atoms with Crippen molar-refractivity contribution in [2.45, 2.75) is 0 Å². The molecule has 1 aliphatic heterocycles. The third-order valence-corrected chi connectivity index (χ3v) is 6.03. The molecule has 3 aromatic rings. The second-order valence-corrected chi connectivity index (χ2v) is 7.93. The third kappa shape index (κ3) is 4.25. The van der Waals surface area contributed by atoms with Crippen LogP contribution in [0, 0.1) is 0 Å². The van der Waals surface area contributed by atoms with Crippen molar-refractivity contribution in [1.29, 1.82) is 0 Å². The second kappa shape index (κ2) is 8.12. The zero-order valence-electron chi connectivity index (χ0n) is 14.4. The van der Waals surface area contributed by atoms with Gasteiger partial charge in [-0.05, 0) is 18.2 Å². The standard InChI is InChI=1S/C17H18Cl2N6OS/c18-11-2-1-10(9-12(11)19)15-22-14(20)13-16(23-15)24-17(27-13)21-3-4-25-5-7-26-8-6-25/h1-2,9H,3-8H2,(H3,20,21,22,23,24). The number of hydrogen-bond acceptors (Lipinski definition) is 8. The SMILES string of the molecule is Nc1nc(-c2ccc(Cl)c(Cl)c2)nc2nc(NCCN3CCOCC3)sc12. The van der Waals surface area contributed by atoms with E-state index in [9.17, 15) is 0 Å². The lowest BCUT2D eigenvalue weighted by atomic mass is 10.2. The summed E-state index contributed by atoms with van der Waals surface area (Å²) >= 11 is 13.5. The van der Waals surface area contributed by atoms with Crippen LogP contribution in [0.4, 0.5) is 10.9 Å². The predicted octanol–water partition coefficient (Wildman–Crippen LogP) is 3.39. The number of benzene rings is 1. The Morgan fingerprint density at radius 3 is 2.74 bits per heavy atom. The van der Waals surface area contributed by atoms with Crippen LogP contribution in [0.15, 0.2) is 18.2 Å². The highest BCUT2D eigenvalue weighted by atomic mass is 35.5. The Labute approximate surface area is 170 Å². The van der Waals surface area contributed by atoms with Gasteiger partial charge in [0.15, 0.2) is 16.6 Å². The Kier molecular flexibility index (Phi) is 5.60. The van der Waals surface area contributed by atoms with Gasteiger partial charge in [0.2, 0.25) is 0 Å². The van der Waals surface area contributed by atoms with E-state index in [1.165, 1.54) is 11.3 Å². The number of nitrogens with two attached hydrogens (primary N) is 1. The van der Waals surface area contributed by atoms with E-state index in [2.05, 4.69) is 25.2 Å². The average molecular weight is 425 g/mol. The number of hydrogen-bond donors (Lipinski definition) is 2. The van der Waals surface area contributed by atoms with Crippen molar-refractivity contribution < 1.29 is 4.74 Å². The summed E-state index contributed by atoms with van der Waals surface area (Å²) < 4.78 is 6.13. The van der Waals surface area contributed by atoms with Crippen LogP contribution in [0.1, 0.15) is 0 Å². The van der Waals surface area contributed by atoms with E-state index < -0.39 is 0 Å². The van der Waals surface area contributed by atoms with E-state index in [4.69, 9.17) is 33.7 Å². The highest BCUT2D eigenvalue weighted by molar-refractivity contribution is 7.22. The molecular formula is C17H18Cl2N6OS. The molecule has 10 heteroatoms. The third-order valence-electron chi connectivity index (χ3n) is 4.27. The van der Waals surface area contributed by atoms with Crippen LogP contribution in [0.2, 0.25) is 10.0 Å². The Balaban J connectivity index is 1.51. The lowest BCUT2D eigenvalue weighted by Crippen LogP contribution is -2.38. The van der Waals surface area contributed by atoms with Gasteiger partial charge in [-0.25, -0.2) is 9.97 Å². The Hall–Kier alpha value is -1.71. The molecule has 0 amide bonds. The van der Waals surface area contributed by atoms with Crippen molar-refractivity contribution in [2.24, 2.45) is 0 Å². The summed E-state index contributed by atoms with van der Waals surface area (Å²) in [5.74, 6) is 0.878. The zero-order chi connectivity index (χ0) is 18.8. The number of nitrogens with one attached hydrogen (secondary N) is 1. The Morgan fingerprint density at radius 2 is 1.96 bits per heavy atom. The minimum absolute atomic E-state index is 0.403. The first kappa shape index (κ1) is 18.6. The van der Waals surface area contributed by atoms with Crippen LogP contribution in [-0.2, 0) is 4.74 Å². The summed E-state index contributed by atoms with van der Waals surface area (Å²) in [6, 6.07) is 5.24. The minimum atomic E-state index is 0.403. The van der Waals surface area contributed by atoms with Crippen molar-refractivity contribution in [1.82, 2.24) is 19.9 Å². The maximum atomic E-state index is 6.13. The Morgan fingerprint density at radius 1 is 1.15 bits per heavy atom. The van der Waals surface area contributed by atoms with Gasteiger partial charge in [0.25, 0.3) is 0 Å². The normalized spacial score (nSPS) is 15.3. The monoisotopic (exact) mass is 424 g/mol. The molecular weight excluding hydrogens is 407 g/mol. The van der Waals surface area contributed by atoms with Crippen molar-refractivity contribution in [3.05, 3.63) is 28.2 Å². The van der Waals surface area contributed by atoms with E-state index in [1.54, 1.807) is 12.1 Å². The fraction of sp³-hybridized carbons (Fsp3) is 0.353. The van der Waals surface area contributed by atoms with Gasteiger partial charge < -0.3 is 15.8 Å². The molecule has 27 heavy (non-hydrogen) atoms. The van der Waals surface area contributed by atoms with Gasteiger partial charge in [-0.3, -0.25) is 4.90 Å². The summed E-state index contributed by atoms with van der Waals surface area (Å²) in [6.45, 7) is 5.26. The molecule has 0 bridgehead atoms. The molecule has 1 aromatic carbocycles. The number of halogens is 2. The zero-order valence-corrected chi connectivity index (χ0v) is 16.7. The van der Waals surface area contributed by atoms with Crippen LogP contribution in [0.5, 0.6) is 0 Å². The molecule has 1 saturated heterocycles. The number of nitrogen functional groups attached to an aromatic ring is 1. The van der Waals surface area contributed by atoms with Crippen LogP contribution in [0.3, 0.4) is 0 Å². The molecule has 0 atom stereocenters. The molecule has 1 aliphatic rings. The second-order valence-electron chi connectivity index (χ2n) is 6.11. The van der Waals surface area contributed by atoms with Crippen molar-refractivity contribution in [2.75, 3.05) is 50.4 Å². The van der Waals surface area contributed by atoms with Gasteiger partial charge in [0, 0.05) is 31.7 Å². The molecule has 0 saturated carbocycles. The lowest BCUT2D eigenvalue weighted by Gasteiger charge is -2.26. The van der Waals surface area contributed by atoms with Crippen LogP contribution >= 0.6 is 34.5 Å². The Bertz CT molecular complexity index is 960. The molecule has 142 valence electrons. The summed E-state index contributed by atoms with van der Waals surface area (Å²) in [7, 11) is 0. The molecule has 1 fully saturated rings. The van der Waals surface area contributed by atoms with Gasteiger partial charge >= 0.3 is 0 Å². The van der Waals surface area contributed by atoms with E-state index in [1.807, 2.05) is 6.07 Å². The van der Waals surface area contributed by atoms with Gasteiger partial charge in [0.1, 0.15) is 10.5 Å². The van der Waals surface area contributed by atoms with Crippen molar-refractivity contribution in [3.63, 3.8) is 0 Å². The maximum Gasteiger partial charge on any atom is 0.185 e. The topological polar surface area (TPSA) is 89.2 Å². The molecule has 7 nitrogen and oxygen atoms in total. The summed E-state index contributed by atoms with van der Waals surface area (Å²) in [4.78, 5) is 15.8. The highest BCUT2D eigenvalue weighted by Gasteiger charge is 2.14. The molecule has 3 heterocycles. The number of fused-ring (bicyclic) bond motifs is 1. The molecule has 2 aromatic heterocycles. The lowest BCUT2D eigenvalue weighted by molar-refractivity contribution is 0.0398. The van der Waals surface area contributed by atoms with Crippen LogP contribution in [0.25, 0.3) is 21.7 Å². The van der Waals surface area contributed by atoms with Crippen LogP contribution < -0.4 is 11.1 Å². The molecule has 0 unspecified atom stereocenters. The van der Waals surface area contributed by atoms with Gasteiger partial charge in [-0.2, -0.15) is 4.98 Å². The first-order valence-corrected chi connectivity index (χ1v) is 10.1. The number of rotatable bonds is 5. The molecule has 3 N–H and O–H groups in total. The predicted molar refractivity (Wildman–Crippen MR) is 111 cm³/mol. The number of aromatic nitrogens is 3. The molecule has 0 radical (unpaired) electrons. The van der Waals surface area contributed by atoms with Gasteiger partial charge in [0.05, 0.1) is 23.3 Å². The van der Waals surface area contributed by atoms with E-state index in [-0.39, 0.29) is 0 Å². The number of anilines is 2. The van der Waals surface area contributed by atoms with Gasteiger partial charge in [-0.15, -0.1) is 0 Å². The first-order valence-electron chi connectivity index (χ1n) is 8.53.